The first-order valence-corrected chi connectivity index (χ1v) is 5.73. The smallest absolute Gasteiger partial charge is 0.0685 e. The van der Waals surface area contributed by atoms with Crippen LogP contribution in [0.4, 0.5) is 0 Å². The van der Waals surface area contributed by atoms with Crippen LogP contribution in [0.25, 0.3) is 22.0 Å². The van der Waals surface area contributed by atoms with E-state index < -0.39 is 0 Å². The van der Waals surface area contributed by atoms with Crippen LogP contribution >= 0.6 is 0 Å². The molecule has 2 nitrogen and oxygen atoms in total. The molecule has 0 spiro atoms. The van der Waals surface area contributed by atoms with E-state index >= 15 is 0 Å². The van der Waals surface area contributed by atoms with Crippen LogP contribution in [0.5, 0.6) is 0 Å². The largest absolute Gasteiger partial charge is 0.268 e. The second-order valence-corrected chi connectivity index (χ2v) is 4.41. The van der Waals surface area contributed by atoms with E-state index in [9.17, 15) is 0 Å². The molecule has 0 saturated carbocycles. The van der Waals surface area contributed by atoms with E-state index in [1.165, 1.54) is 27.6 Å². The monoisotopic (exact) mass is 222 g/mol. The highest BCUT2D eigenvalue weighted by molar-refractivity contribution is 5.84. The number of hydrogen-bond donors (Lipinski definition) is 0. The first kappa shape index (κ1) is 10.1. The second kappa shape index (κ2) is 3.74. The van der Waals surface area contributed by atoms with E-state index in [2.05, 4.69) is 54.5 Å². The minimum absolute atomic E-state index is 1.17. The molecule has 2 aromatic carbocycles. The van der Waals surface area contributed by atoms with Gasteiger partial charge >= 0.3 is 0 Å². The Kier molecular flexibility index (Phi) is 2.22. The van der Waals surface area contributed by atoms with Gasteiger partial charge in [-0.2, -0.15) is 5.10 Å². The Morgan fingerprint density at radius 1 is 0.941 bits per heavy atom. The predicted octanol–water partition coefficient (Wildman–Crippen LogP) is 3.55. The average Bonchev–Trinajstić information content (AvgIpc) is 2.72. The topological polar surface area (TPSA) is 17.8 Å². The standard InChI is InChI=1S/C15H14N2/c1-11-3-5-12(6-4-11)13-7-8-14-10-16-17(2)15(14)9-13/h3-10H,1-2H3. The molecule has 1 heterocycles. The quantitative estimate of drug-likeness (QED) is 0.615. The fourth-order valence-corrected chi connectivity index (χ4v) is 2.07. The third-order valence-corrected chi connectivity index (χ3v) is 3.13. The third kappa shape index (κ3) is 1.72. The lowest BCUT2D eigenvalue weighted by atomic mass is 10.0. The van der Waals surface area contributed by atoms with Crippen molar-refractivity contribution in [3.05, 3.63) is 54.2 Å². The van der Waals surface area contributed by atoms with E-state index in [-0.39, 0.29) is 0 Å². The van der Waals surface area contributed by atoms with E-state index in [0.717, 1.165) is 0 Å². The number of nitrogens with zero attached hydrogens (tertiary/aromatic N) is 2. The maximum absolute atomic E-state index is 4.26. The maximum Gasteiger partial charge on any atom is 0.0685 e. The molecule has 0 radical (unpaired) electrons. The highest BCUT2D eigenvalue weighted by Gasteiger charge is 2.02. The molecular formula is C15H14N2. The third-order valence-electron chi connectivity index (χ3n) is 3.13. The summed E-state index contributed by atoms with van der Waals surface area (Å²) in [4.78, 5) is 0. The molecular weight excluding hydrogens is 208 g/mol. The molecule has 84 valence electrons. The molecule has 0 unspecified atom stereocenters. The summed E-state index contributed by atoms with van der Waals surface area (Å²) in [5.41, 5.74) is 4.94. The van der Waals surface area contributed by atoms with Gasteiger partial charge < -0.3 is 0 Å². The van der Waals surface area contributed by atoms with Crippen LogP contribution in [0.2, 0.25) is 0 Å². The summed E-state index contributed by atoms with van der Waals surface area (Å²) in [6, 6.07) is 15.1. The van der Waals surface area contributed by atoms with E-state index in [4.69, 9.17) is 0 Å². The van der Waals surface area contributed by atoms with Crippen molar-refractivity contribution in [1.29, 1.82) is 0 Å². The lowest BCUT2D eigenvalue weighted by Crippen LogP contribution is -1.88. The Morgan fingerprint density at radius 3 is 2.41 bits per heavy atom. The molecule has 3 rings (SSSR count). The van der Waals surface area contributed by atoms with Gasteiger partial charge in [0.25, 0.3) is 0 Å². The Bertz CT molecular complexity index is 663. The molecule has 0 atom stereocenters. The van der Waals surface area contributed by atoms with E-state index in [0.29, 0.717) is 0 Å². The lowest BCUT2D eigenvalue weighted by molar-refractivity contribution is 0.797. The Hall–Kier alpha value is -2.09. The summed E-state index contributed by atoms with van der Waals surface area (Å²) in [5.74, 6) is 0. The van der Waals surface area contributed by atoms with Gasteiger partial charge in [-0.1, -0.05) is 42.0 Å². The molecule has 0 aliphatic rings. The van der Waals surface area contributed by atoms with Crippen LogP contribution in [0, 0.1) is 6.92 Å². The van der Waals surface area contributed by atoms with Crippen LogP contribution < -0.4 is 0 Å². The minimum atomic E-state index is 1.17. The van der Waals surface area contributed by atoms with Gasteiger partial charge in [-0.05, 0) is 24.1 Å². The van der Waals surface area contributed by atoms with Gasteiger partial charge in [0.05, 0.1) is 11.7 Å². The first-order valence-electron chi connectivity index (χ1n) is 5.73. The molecule has 2 heteroatoms. The fourth-order valence-electron chi connectivity index (χ4n) is 2.07. The lowest BCUT2D eigenvalue weighted by Gasteiger charge is -2.03. The zero-order valence-electron chi connectivity index (χ0n) is 10.0. The summed E-state index contributed by atoms with van der Waals surface area (Å²) >= 11 is 0. The summed E-state index contributed by atoms with van der Waals surface area (Å²) in [6.07, 6.45) is 1.90. The van der Waals surface area contributed by atoms with Gasteiger partial charge in [-0.15, -0.1) is 0 Å². The molecule has 0 fully saturated rings. The van der Waals surface area contributed by atoms with Crippen molar-refractivity contribution in [2.45, 2.75) is 6.92 Å². The highest BCUT2D eigenvalue weighted by Crippen LogP contribution is 2.24. The average molecular weight is 222 g/mol. The normalized spacial score (nSPS) is 10.9. The summed E-state index contributed by atoms with van der Waals surface area (Å²) < 4.78 is 1.91. The van der Waals surface area contributed by atoms with Gasteiger partial charge in [0.2, 0.25) is 0 Å². The molecule has 3 aromatic rings. The number of aromatic nitrogens is 2. The van der Waals surface area contributed by atoms with Crippen molar-refractivity contribution in [2.24, 2.45) is 7.05 Å². The van der Waals surface area contributed by atoms with Gasteiger partial charge in [-0.3, -0.25) is 4.68 Å². The SMILES string of the molecule is Cc1ccc(-c2ccc3cnn(C)c3c2)cc1. The van der Waals surface area contributed by atoms with E-state index in [1.807, 2.05) is 17.9 Å². The van der Waals surface area contributed by atoms with Crippen molar-refractivity contribution in [2.75, 3.05) is 0 Å². The second-order valence-electron chi connectivity index (χ2n) is 4.41. The molecule has 0 aliphatic carbocycles. The summed E-state index contributed by atoms with van der Waals surface area (Å²) in [6.45, 7) is 2.11. The number of benzene rings is 2. The predicted molar refractivity (Wildman–Crippen MR) is 70.9 cm³/mol. The van der Waals surface area contributed by atoms with Crippen molar-refractivity contribution in [1.82, 2.24) is 9.78 Å². The molecule has 17 heavy (non-hydrogen) atoms. The van der Waals surface area contributed by atoms with Crippen molar-refractivity contribution >= 4 is 10.9 Å². The molecule has 0 bridgehead atoms. The van der Waals surface area contributed by atoms with Crippen LogP contribution in [0.3, 0.4) is 0 Å². The Morgan fingerprint density at radius 2 is 1.65 bits per heavy atom. The van der Waals surface area contributed by atoms with Gasteiger partial charge in [0.15, 0.2) is 0 Å². The Labute approximate surface area is 101 Å². The number of fused-ring (bicyclic) bond motifs is 1. The number of hydrogen-bond acceptors (Lipinski definition) is 1. The summed E-state index contributed by atoms with van der Waals surface area (Å²) in [5, 5.41) is 5.44. The number of aryl methyl sites for hydroxylation is 2. The van der Waals surface area contributed by atoms with Crippen molar-refractivity contribution in [3.63, 3.8) is 0 Å². The molecule has 0 saturated heterocycles. The molecule has 1 aromatic heterocycles. The van der Waals surface area contributed by atoms with Crippen molar-refractivity contribution < 1.29 is 0 Å². The van der Waals surface area contributed by atoms with Gasteiger partial charge in [-0.25, -0.2) is 0 Å². The van der Waals surface area contributed by atoms with Gasteiger partial charge in [0, 0.05) is 12.4 Å². The van der Waals surface area contributed by atoms with Crippen LogP contribution in [0.1, 0.15) is 5.56 Å². The van der Waals surface area contributed by atoms with Crippen LogP contribution in [-0.4, -0.2) is 9.78 Å². The Balaban J connectivity index is 2.17. The zero-order chi connectivity index (χ0) is 11.8. The molecule has 0 N–H and O–H groups in total. The van der Waals surface area contributed by atoms with Crippen LogP contribution in [0.15, 0.2) is 48.7 Å². The van der Waals surface area contributed by atoms with Crippen molar-refractivity contribution in [3.8, 4) is 11.1 Å². The molecule has 0 aliphatic heterocycles. The first-order chi connectivity index (χ1) is 8.24. The summed E-state index contributed by atoms with van der Waals surface area (Å²) in [7, 11) is 1.97. The maximum atomic E-state index is 4.26. The van der Waals surface area contributed by atoms with E-state index in [1.54, 1.807) is 0 Å². The van der Waals surface area contributed by atoms with Crippen LogP contribution in [-0.2, 0) is 7.05 Å². The number of rotatable bonds is 1. The fraction of sp³-hybridized carbons (Fsp3) is 0.133. The minimum Gasteiger partial charge on any atom is -0.268 e. The highest BCUT2D eigenvalue weighted by atomic mass is 15.2. The van der Waals surface area contributed by atoms with Gasteiger partial charge in [0.1, 0.15) is 0 Å². The zero-order valence-corrected chi connectivity index (χ0v) is 10.0. The molecule has 0 amide bonds.